The predicted molar refractivity (Wildman–Crippen MR) is 69.7 cm³/mol. The summed E-state index contributed by atoms with van der Waals surface area (Å²) in [5.74, 6) is 0.822. The Morgan fingerprint density at radius 2 is 2.06 bits per heavy atom. The van der Waals surface area contributed by atoms with Gasteiger partial charge in [-0.1, -0.05) is 15.9 Å². The molecule has 0 bridgehead atoms. The third-order valence-corrected chi connectivity index (χ3v) is 3.30. The largest absolute Gasteiger partial charge is 0.484 e. The minimum atomic E-state index is -0.0882. The van der Waals surface area contributed by atoms with Crippen LogP contribution in [0.2, 0.25) is 0 Å². The van der Waals surface area contributed by atoms with E-state index >= 15 is 0 Å². The van der Waals surface area contributed by atoms with Crippen molar-refractivity contribution in [2.24, 2.45) is 0 Å². The molecule has 0 aliphatic heterocycles. The molecule has 0 aliphatic carbocycles. The van der Waals surface area contributed by atoms with E-state index in [1.807, 2.05) is 36.6 Å². The third-order valence-electron chi connectivity index (χ3n) is 2.08. The number of anilines is 1. The lowest BCUT2D eigenvalue weighted by atomic mass is 10.3. The van der Waals surface area contributed by atoms with Gasteiger partial charge in [0.05, 0.1) is 5.69 Å². The summed E-state index contributed by atoms with van der Waals surface area (Å²) in [4.78, 5) is 4.19. The van der Waals surface area contributed by atoms with Crippen molar-refractivity contribution in [2.45, 2.75) is 13.0 Å². The summed E-state index contributed by atoms with van der Waals surface area (Å²) in [6.45, 7) is 1.95. The molecule has 5 heteroatoms. The topological polar surface area (TPSA) is 48.1 Å². The summed E-state index contributed by atoms with van der Waals surface area (Å²) in [7, 11) is 0. The van der Waals surface area contributed by atoms with Gasteiger partial charge >= 0.3 is 0 Å². The van der Waals surface area contributed by atoms with Crippen molar-refractivity contribution in [2.75, 3.05) is 5.73 Å². The van der Waals surface area contributed by atoms with Crippen molar-refractivity contribution in [3.63, 3.8) is 0 Å². The molecule has 2 N–H and O–H groups in total. The Bertz CT molecular complexity index is 469. The number of aromatic nitrogens is 1. The Labute approximate surface area is 106 Å². The molecule has 0 radical (unpaired) electrons. The number of nitrogens with zero attached hydrogens (tertiary/aromatic N) is 1. The van der Waals surface area contributed by atoms with Crippen LogP contribution in [0.4, 0.5) is 5.13 Å². The first-order valence-corrected chi connectivity index (χ1v) is 6.45. The van der Waals surface area contributed by atoms with Gasteiger partial charge in [-0.2, -0.15) is 0 Å². The second-order valence-electron chi connectivity index (χ2n) is 3.32. The van der Waals surface area contributed by atoms with Gasteiger partial charge in [0.15, 0.2) is 5.13 Å². The second-order valence-corrected chi connectivity index (χ2v) is 5.13. The molecule has 0 saturated heterocycles. The van der Waals surface area contributed by atoms with Gasteiger partial charge in [-0.05, 0) is 31.2 Å². The van der Waals surface area contributed by atoms with E-state index in [2.05, 4.69) is 20.9 Å². The number of halogens is 1. The van der Waals surface area contributed by atoms with Gasteiger partial charge in [0, 0.05) is 9.85 Å². The SMILES string of the molecule is CC(Oc1ccc(Br)cc1)c1csc(N)n1. The molecule has 0 saturated carbocycles. The Morgan fingerprint density at radius 3 is 2.62 bits per heavy atom. The molecule has 0 aliphatic rings. The summed E-state index contributed by atoms with van der Waals surface area (Å²) in [5.41, 5.74) is 6.44. The van der Waals surface area contributed by atoms with Crippen molar-refractivity contribution in [3.8, 4) is 5.75 Å². The molecule has 16 heavy (non-hydrogen) atoms. The number of rotatable bonds is 3. The van der Waals surface area contributed by atoms with Crippen LogP contribution in [0.3, 0.4) is 0 Å². The van der Waals surface area contributed by atoms with Crippen LogP contribution in [-0.2, 0) is 0 Å². The van der Waals surface area contributed by atoms with Crippen molar-refractivity contribution < 1.29 is 4.74 Å². The van der Waals surface area contributed by atoms with Crippen molar-refractivity contribution in [1.82, 2.24) is 4.98 Å². The fourth-order valence-electron chi connectivity index (χ4n) is 1.27. The van der Waals surface area contributed by atoms with Crippen LogP contribution in [0, 0.1) is 0 Å². The van der Waals surface area contributed by atoms with Gasteiger partial charge < -0.3 is 10.5 Å². The highest BCUT2D eigenvalue weighted by Crippen LogP contribution is 2.24. The highest BCUT2D eigenvalue weighted by molar-refractivity contribution is 9.10. The minimum Gasteiger partial charge on any atom is -0.484 e. The Kier molecular flexibility index (Phi) is 3.46. The lowest BCUT2D eigenvalue weighted by molar-refractivity contribution is 0.223. The number of nitrogens with two attached hydrogens (primary N) is 1. The van der Waals surface area contributed by atoms with E-state index in [1.54, 1.807) is 0 Å². The molecule has 1 aromatic carbocycles. The zero-order valence-electron chi connectivity index (χ0n) is 8.68. The lowest BCUT2D eigenvalue weighted by Crippen LogP contribution is -2.03. The Balaban J connectivity index is 2.07. The van der Waals surface area contributed by atoms with Gasteiger partial charge in [-0.15, -0.1) is 11.3 Å². The number of nitrogen functional groups attached to an aromatic ring is 1. The van der Waals surface area contributed by atoms with Gasteiger partial charge in [-0.25, -0.2) is 4.98 Å². The highest BCUT2D eigenvalue weighted by Gasteiger charge is 2.10. The molecular formula is C11H11BrN2OS. The van der Waals surface area contributed by atoms with Gasteiger partial charge in [0.25, 0.3) is 0 Å². The molecule has 84 valence electrons. The van der Waals surface area contributed by atoms with E-state index in [0.29, 0.717) is 5.13 Å². The fourth-order valence-corrected chi connectivity index (χ4v) is 2.17. The van der Waals surface area contributed by atoms with Crippen molar-refractivity contribution in [1.29, 1.82) is 0 Å². The molecule has 1 unspecified atom stereocenters. The zero-order chi connectivity index (χ0) is 11.5. The average Bonchev–Trinajstić information content (AvgIpc) is 2.68. The summed E-state index contributed by atoms with van der Waals surface area (Å²) >= 11 is 4.80. The normalized spacial score (nSPS) is 12.4. The Morgan fingerprint density at radius 1 is 1.38 bits per heavy atom. The van der Waals surface area contributed by atoms with Crippen LogP contribution >= 0.6 is 27.3 Å². The highest BCUT2D eigenvalue weighted by atomic mass is 79.9. The van der Waals surface area contributed by atoms with E-state index in [9.17, 15) is 0 Å². The van der Waals surface area contributed by atoms with Crippen LogP contribution < -0.4 is 10.5 Å². The molecule has 2 rings (SSSR count). The van der Waals surface area contributed by atoms with Crippen molar-refractivity contribution in [3.05, 3.63) is 39.8 Å². The molecule has 0 spiro atoms. The summed E-state index contributed by atoms with van der Waals surface area (Å²) in [6.07, 6.45) is -0.0882. The van der Waals surface area contributed by atoms with E-state index in [4.69, 9.17) is 10.5 Å². The number of ether oxygens (including phenoxy) is 1. The molecular weight excluding hydrogens is 288 g/mol. The molecule has 3 nitrogen and oxygen atoms in total. The van der Waals surface area contributed by atoms with Crippen LogP contribution in [-0.4, -0.2) is 4.98 Å². The maximum atomic E-state index is 5.74. The molecule has 0 amide bonds. The second kappa shape index (κ2) is 4.84. The first-order chi connectivity index (χ1) is 7.65. The first-order valence-electron chi connectivity index (χ1n) is 4.78. The van der Waals surface area contributed by atoms with E-state index < -0.39 is 0 Å². The minimum absolute atomic E-state index is 0.0882. The predicted octanol–water partition coefficient (Wildman–Crippen LogP) is 3.63. The van der Waals surface area contributed by atoms with E-state index in [0.717, 1.165) is 15.9 Å². The van der Waals surface area contributed by atoms with Gasteiger partial charge in [0.1, 0.15) is 11.9 Å². The fraction of sp³-hybridized carbons (Fsp3) is 0.182. The van der Waals surface area contributed by atoms with Crippen LogP contribution in [0.15, 0.2) is 34.1 Å². The lowest BCUT2D eigenvalue weighted by Gasteiger charge is -2.12. The summed E-state index contributed by atoms with van der Waals surface area (Å²) in [5, 5.41) is 2.49. The maximum absolute atomic E-state index is 5.74. The van der Waals surface area contributed by atoms with Gasteiger partial charge in [-0.3, -0.25) is 0 Å². The van der Waals surface area contributed by atoms with Gasteiger partial charge in [0.2, 0.25) is 0 Å². The van der Waals surface area contributed by atoms with E-state index in [1.165, 1.54) is 11.3 Å². The summed E-state index contributed by atoms with van der Waals surface area (Å²) in [6, 6.07) is 7.71. The van der Waals surface area contributed by atoms with Crippen LogP contribution in [0.5, 0.6) is 5.75 Å². The quantitative estimate of drug-likeness (QED) is 0.941. The van der Waals surface area contributed by atoms with E-state index in [-0.39, 0.29) is 6.10 Å². The smallest absolute Gasteiger partial charge is 0.180 e. The molecule has 1 aromatic heterocycles. The molecule has 1 heterocycles. The van der Waals surface area contributed by atoms with Crippen LogP contribution in [0.1, 0.15) is 18.7 Å². The standard InChI is InChI=1S/C11H11BrN2OS/c1-7(10-6-16-11(13)14-10)15-9-4-2-8(12)3-5-9/h2-7H,1H3,(H2,13,14). The first kappa shape index (κ1) is 11.4. The molecule has 2 aromatic rings. The number of hydrogen-bond donors (Lipinski definition) is 1. The zero-order valence-corrected chi connectivity index (χ0v) is 11.1. The number of thiazole rings is 1. The monoisotopic (exact) mass is 298 g/mol. The third kappa shape index (κ3) is 2.74. The summed E-state index contributed by atoms with van der Waals surface area (Å²) < 4.78 is 6.77. The maximum Gasteiger partial charge on any atom is 0.180 e. The average molecular weight is 299 g/mol. The van der Waals surface area contributed by atoms with Crippen molar-refractivity contribution >= 4 is 32.4 Å². The molecule has 1 atom stereocenters. The molecule has 0 fully saturated rings. The number of benzene rings is 1. The Hall–Kier alpha value is -1.07. The number of hydrogen-bond acceptors (Lipinski definition) is 4. The van der Waals surface area contributed by atoms with Crippen LogP contribution in [0.25, 0.3) is 0 Å².